The largest absolute Gasteiger partial charge is 0.466 e. The van der Waals surface area contributed by atoms with Crippen LogP contribution in [0, 0.1) is 10.1 Å². The van der Waals surface area contributed by atoms with Gasteiger partial charge in [-0.25, -0.2) is 4.98 Å². The summed E-state index contributed by atoms with van der Waals surface area (Å²) in [7, 11) is 0. The highest BCUT2D eigenvalue weighted by Crippen LogP contribution is 2.13. The first-order chi connectivity index (χ1) is 13.0. The van der Waals surface area contributed by atoms with E-state index in [1.807, 2.05) is 0 Å². The lowest BCUT2D eigenvalue weighted by Gasteiger charge is -2.07. The summed E-state index contributed by atoms with van der Waals surface area (Å²) in [5.41, 5.74) is 0.426. The van der Waals surface area contributed by atoms with Crippen molar-refractivity contribution in [3.05, 3.63) is 63.3 Å². The predicted molar refractivity (Wildman–Crippen MR) is 100.0 cm³/mol. The van der Waals surface area contributed by atoms with Gasteiger partial charge in [0.1, 0.15) is 12.0 Å². The molecule has 8 nitrogen and oxygen atoms in total. The second-order valence-corrected chi connectivity index (χ2v) is 6.03. The molecule has 1 heterocycles. The van der Waals surface area contributed by atoms with E-state index in [0.29, 0.717) is 29.4 Å². The van der Waals surface area contributed by atoms with E-state index in [1.165, 1.54) is 18.3 Å². The number of carbonyl (C=O) groups excluding carboxylic acids is 2. The molecular weight excluding hydrogens is 374 g/mol. The number of Topliss-reactive ketones (excluding diaryl/α,β-unsaturated/α-hetero) is 1. The van der Waals surface area contributed by atoms with Crippen LogP contribution in [0.15, 0.2) is 42.6 Å². The molecule has 1 aromatic carbocycles. The number of nitro groups is 1. The Morgan fingerprint density at radius 1 is 1.15 bits per heavy atom. The van der Waals surface area contributed by atoms with Crippen LogP contribution in [0.2, 0.25) is 5.02 Å². The van der Waals surface area contributed by atoms with E-state index in [2.05, 4.69) is 10.3 Å². The standard InChI is InChI=1S/C18H18ClN3O5/c19-14-4-2-13(3-5-14)16(23)7-9-18(24)27-11-1-10-20-17-8-6-15(12-21-17)22(25)26/h2-6,8,12H,1,7,9-11H2,(H,20,21). The number of ether oxygens (including phenoxy) is 1. The monoisotopic (exact) mass is 391 g/mol. The van der Waals surface area contributed by atoms with E-state index in [4.69, 9.17) is 16.3 Å². The second kappa shape index (κ2) is 10.2. The Hall–Kier alpha value is -3.00. The number of halogens is 1. The molecule has 2 rings (SSSR count). The van der Waals surface area contributed by atoms with Crippen molar-refractivity contribution in [1.82, 2.24) is 4.98 Å². The van der Waals surface area contributed by atoms with Gasteiger partial charge in [0.15, 0.2) is 5.78 Å². The van der Waals surface area contributed by atoms with Crippen LogP contribution in [0.5, 0.6) is 0 Å². The number of ketones is 1. The van der Waals surface area contributed by atoms with E-state index < -0.39 is 10.9 Å². The highest BCUT2D eigenvalue weighted by molar-refractivity contribution is 6.30. The number of esters is 1. The first-order valence-corrected chi connectivity index (χ1v) is 8.62. The minimum absolute atomic E-state index is 0.0127. The zero-order valence-corrected chi connectivity index (χ0v) is 15.1. The summed E-state index contributed by atoms with van der Waals surface area (Å²) in [5.74, 6) is -0.0826. The third kappa shape index (κ3) is 7.02. The van der Waals surface area contributed by atoms with Crippen LogP contribution in [-0.4, -0.2) is 34.8 Å². The molecule has 0 fully saturated rings. The fourth-order valence-corrected chi connectivity index (χ4v) is 2.27. The number of benzene rings is 1. The molecule has 1 aromatic heterocycles. The van der Waals surface area contributed by atoms with Crippen LogP contribution < -0.4 is 5.32 Å². The van der Waals surface area contributed by atoms with Crippen molar-refractivity contribution in [2.24, 2.45) is 0 Å². The Kier molecular flexibility index (Phi) is 7.69. The van der Waals surface area contributed by atoms with Crippen LogP contribution in [0.1, 0.15) is 29.6 Å². The molecule has 142 valence electrons. The van der Waals surface area contributed by atoms with Crippen molar-refractivity contribution in [2.45, 2.75) is 19.3 Å². The van der Waals surface area contributed by atoms with Gasteiger partial charge in [-0.3, -0.25) is 19.7 Å². The highest BCUT2D eigenvalue weighted by atomic mass is 35.5. The van der Waals surface area contributed by atoms with Crippen LogP contribution in [0.3, 0.4) is 0 Å². The molecule has 0 bridgehead atoms. The van der Waals surface area contributed by atoms with Gasteiger partial charge in [-0.1, -0.05) is 11.6 Å². The maximum Gasteiger partial charge on any atom is 0.306 e. The summed E-state index contributed by atoms with van der Waals surface area (Å²) >= 11 is 5.76. The number of hydrogen-bond donors (Lipinski definition) is 1. The molecule has 0 aliphatic heterocycles. The van der Waals surface area contributed by atoms with Gasteiger partial charge in [0.05, 0.1) is 18.0 Å². The summed E-state index contributed by atoms with van der Waals surface area (Å²) in [6, 6.07) is 9.35. The van der Waals surface area contributed by atoms with Crippen LogP contribution in [0.25, 0.3) is 0 Å². The molecule has 0 atom stereocenters. The topological polar surface area (TPSA) is 111 Å². The number of anilines is 1. The molecule has 27 heavy (non-hydrogen) atoms. The van der Waals surface area contributed by atoms with Crippen LogP contribution in [0.4, 0.5) is 11.5 Å². The quantitative estimate of drug-likeness (QED) is 0.216. The van der Waals surface area contributed by atoms with E-state index in [-0.39, 0.29) is 30.9 Å². The van der Waals surface area contributed by atoms with Gasteiger partial charge in [0.2, 0.25) is 0 Å². The number of carbonyl (C=O) groups is 2. The van der Waals surface area contributed by atoms with E-state index in [9.17, 15) is 19.7 Å². The van der Waals surface area contributed by atoms with Crippen molar-refractivity contribution in [3.63, 3.8) is 0 Å². The third-order valence-electron chi connectivity index (χ3n) is 3.57. The van der Waals surface area contributed by atoms with Crippen LogP contribution >= 0.6 is 11.6 Å². The summed E-state index contributed by atoms with van der Waals surface area (Å²) in [4.78, 5) is 37.5. The predicted octanol–water partition coefficient (Wildman–Crippen LogP) is 3.65. The number of nitrogens with zero attached hydrogens (tertiary/aromatic N) is 2. The fourth-order valence-electron chi connectivity index (χ4n) is 2.14. The average molecular weight is 392 g/mol. The van der Waals surface area contributed by atoms with Gasteiger partial charge < -0.3 is 10.1 Å². The Bertz CT molecular complexity index is 794. The van der Waals surface area contributed by atoms with Crippen molar-refractivity contribution in [1.29, 1.82) is 0 Å². The Balaban J connectivity index is 1.59. The summed E-state index contributed by atoms with van der Waals surface area (Å²) in [6.07, 6.45) is 1.79. The first kappa shape index (κ1) is 20.3. The second-order valence-electron chi connectivity index (χ2n) is 5.59. The average Bonchev–Trinajstić information content (AvgIpc) is 2.66. The zero-order valence-electron chi connectivity index (χ0n) is 14.4. The maximum absolute atomic E-state index is 11.9. The molecule has 0 aliphatic carbocycles. The summed E-state index contributed by atoms with van der Waals surface area (Å²) in [5, 5.41) is 14.1. The smallest absolute Gasteiger partial charge is 0.306 e. The van der Waals surface area contributed by atoms with E-state index in [1.54, 1.807) is 24.3 Å². The minimum Gasteiger partial charge on any atom is -0.466 e. The van der Waals surface area contributed by atoms with Gasteiger partial charge in [0, 0.05) is 29.6 Å². The number of nitrogens with one attached hydrogen (secondary N) is 1. The maximum atomic E-state index is 11.9. The van der Waals surface area contributed by atoms with Gasteiger partial charge >= 0.3 is 5.97 Å². The van der Waals surface area contributed by atoms with E-state index >= 15 is 0 Å². The fraction of sp³-hybridized carbons (Fsp3) is 0.278. The zero-order chi connectivity index (χ0) is 19.6. The molecule has 1 N–H and O–H groups in total. The Morgan fingerprint density at radius 2 is 1.89 bits per heavy atom. The van der Waals surface area contributed by atoms with Crippen molar-refractivity contribution in [2.75, 3.05) is 18.5 Å². The number of pyridine rings is 1. The number of rotatable bonds is 10. The number of aromatic nitrogens is 1. The van der Waals surface area contributed by atoms with Crippen LogP contribution in [-0.2, 0) is 9.53 Å². The van der Waals surface area contributed by atoms with Gasteiger partial charge in [-0.2, -0.15) is 0 Å². The molecule has 0 saturated carbocycles. The molecule has 0 saturated heterocycles. The lowest BCUT2D eigenvalue weighted by molar-refractivity contribution is -0.385. The Labute approximate surface area is 160 Å². The molecule has 0 amide bonds. The van der Waals surface area contributed by atoms with Gasteiger partial charge in [0.25, 0.3) is 5.69 Å². The van der Waals surface area contributed by atoms with Gasteiger partial charge in [-0.15, -0.1) is 0 Å². The highest BCUT2D eigenvalue weighted by Gasteiger charge is 2.10. The molecule has 0 unspecified atom stereocenters. The lowest BCUT2D eigenvalue weighted by atomic mass is 10.1. The Morgan fingerprint density at radius 3 is 2.52 bits per heavy atom. The molecule has 0 aliphatic rings. The third-order valence-corrected chi connectivity index (χ3v) is 3.82. The molecule has 2 aromatic rings. The van der Waals surface area contributed by atoms with Crippen molar-refractivity contribution in [3.8, 4) is 0 Å². The summed E-state index contributed by atoms with van der Waals surface area (Å²) in [6.45, 7) is 0.690. The van der Waals surface area contributed by atoms with Crippen molar-refractivity contribution < 1.29 is 19.2 Å². The SMILES string of the molecule is O=C(CCC(=O)c1ccc(Cl)cc1)OCCCNc1ccc([N+](=O)[O-])cn1. The normalized spacial score (nSPS) is 10.3. The number of hydrogen-bond acceptors (Lipinski definition) is 7. The van der Waals surface area contributed by atoms with Gasteiger partial charge in [-0.05, 0) is 36.8 Å². The molecular formula is C18H18ClN3O5. The first-order valence-electron chi connectivity index (χ1n) is 8.24. The van der Waals surface area contributed by atoms with E-state index in [0.717, 1.165) is 0 Å². The lowest BCUT2D eigenvalue weighted by Crippen LogP contribution is -2.12. The molecule has 9 heteroatoms. The molecule has 0 spiro atoms. The summed E-state index contributed by atoms with van der Waals surface area (Å²) < 4.78 is 5.07. The van der Waals surface area contributed by atoms with Crippen molar-refractivity contribution >= 4 is 34.9 Å². The minimum atomic E-state index is -0.520. The molecule has 0 radical (unpaired) electrons.